The van der Waals surface area contributed by atoms with Gasteiger partial charge in [-0.1, -0.05) is 0 Å². The van der Waals surface area contributed by atoms with Crippen molar-refractivity contribution >= 4 is 11.5 Å². The van der Waals surface area contributed by atoms with Gasteiger partial charge in [0.25, 0.3) is 0 Å². The standard InChI is InChI=1S/C13H16FN5/c1-18-6-5-17-12(18)8-19(2)11-4-3-9(14)7-10(11)13(15)16/h3-7H,8H2,1-2H3,(H3,15,16). The molecule has 0 amide bonds. The van der Waals surface area contributed by atoms with Gasteiger partial charge in [0.05, 0.1) is 6.54 Å². The molecule has 2 rings (SSSR count). The molecule has 2 aromatic rings. The second kappa shape index (κ2) is 5.09. The Hall–Kier alpha value is -2.37. The molecule has 0 bridgehead atoms. The van der Waals surface area contributed by atoms with Gasteiger partial charge in [-0.3, -0.25) is 5.41 Å². The van der Waals surface area contributed by atoms with Crippen molar-refractivity contribution in [1.29, 1.82) is 5.41 Å². The first kappa shape index (κ1) is 13.1. The SMILES string of the molecule is CN(Cc1nccn1C)c1ccc(F)cc1C(=N)N. The summed E-state index contributed by atoms with van der Waals surface area (Å²) in [6.45, 7) is 0.551. The van der Waals surface area contributed by atoms with E-state index in [1.54, 1.807) is 12.3 Å². The molecule has 19 heavy (non-hydrogen) atoms. The van der Waals surface area contributed by atoms with Crippen LogP contribution in [0.1, 0.15) is 11.4 Å². The highest BCUT2D eigenvalue weighted by Gasteiger charge is 2.12. The summed E-state index contributed by atoms with van der Waals surface area (Å²) in [5.41, 5.74) is 6.58. The van der Waals surface area contributed by atoms with Crippen LogP contribution in [0.4, 0.5) is 10.1 Å². The summed E-state index contributed by atoms with van der Waals surface area (Å²) in [4.78, 5) is 6.12. The Balaban J connectivity index is 2.31. The van der Waals surface area contributed by atoms with Gasteiger partial charge in [0.2, 0.25) is 0 Å². The van der Waals surface area contributed by atoms with Gasteiger partial charge < -0.3 is 15.2 Å². The molecule has 0 aliphatic heterocycles. The van der Waals surface area contributed by atoms with E-state index in [2.05, 4.69) is 4.98 Å². The van der Waals surface area contributed by atoms with Gasteiger partial charge in [0.15, 0.2) is 0 Å². The van der Waals surface area contributed by atoms with E-state index in [4.69, 9.17) is 11.1 Å². The van der Waals surface area contributed by atoms with Crippen LogP contribution in [-0.2, 0) is 13.6 Å². The van der Waals surface area contributed by atoms with Crippen LogP contribution in [0.3, 0.4) is 0 Å². The number of imidazole rings is 1. The molecule has 1 aromatic carbocycles. The van der Waals surface area contributed by atoms with Crippen LogP contribution in [0.2, 0.25) is 0 Å². The molecule has 5 nitrogen and oxygen atoms in total. The maximum Gasteiger partial charge on any atom is 0.127 e. The Labute approximate surface area is 111 Å². The van der Waals surface area contributed by atoms with Crippen molar-refractivity contribution < 1.29 is 4.39 Å². The Morgan fingerprint density at radius 2 is 2.26 bits per heavy atom. The fourth-order valence-electron chi connectivity index (χ4n) is 1.90. The van der Waals surface area contributed by atoms with Gasteiger partial charge in [0.1, 0.15) is 17.5 Å². The molecule has 100 valence electrons. The largest absolute Gasteiger partial charge is 0.384 e. The lowest BCUT2D eigenvalue weighted by molar-refractivity contribution is 0.627. The maximum atomic E-state index is 13.2. The van der Waals surface area contributed by atoms with Crippen LogP contribution < -0.4 is 10.6 Å². The van der Waals surface area contributed by atoms with E-state index in [1.807, 2.05) is 29.8 Å². The van der Waals surface area contributed by atoms with Crippen molar-refractivity contribution in [2.45, 2.75) is 6.54 Å². The summed E-state index contributed by atoms with van der Waals surface area (Å²) in [5, 5.41) is 7.52. The van der Waals surface area contributed by atoms with E-state index in [-0.39, 0.29) is 5.84 Å². The van der Waals surface area contributed by atoms with Gasteiger partial charge >= 0.3 is 0 Å². The van der Waals surface area contributed by atoms with E-state index >= 15 is 0 Å². The number of benzene rings is 1. The van der Waals surface area contributed by atoms with Crippen molar-refractivity contribution in [1.82, 2.24) is 9.55 Å². The molecule has 0 aliphatic rings. The molecule has 3 N–H and O–H groups in total. The highest BCUT2D eigenvalue weighted by molar-refractivity contribution is 6.00. The van der Waals surface area contributed by atoms with Crippen molar-refractivity contribution in [2.24, 2.45) is 12.8 Å². The predicted octanol–water partition coefficient (Wildman–Crippen LogP) is 1.48. The number of rotatable bonds is 4. The Bertz CT molecular complexity index is 605. The van der Waals surface area contributed by atoms with Gasteiger partial charge in [-0.2, -0.15) is 0 Å². The van der Waals surface area contributed by atoms with E-state index in [9.17, 15) is 4.39 Å². The topological polar surface area (TPSA) is 70.9 Å². The summed E-state index contributed by atoms with van der Waals surface area (Å²) in [6, 6.07) is 4.25. The van der Waals surface area contributed by atoms with Crippen LogP contribution in [0.5, 0.6) is 0 Å². The smallest absolute Gasteiger partial charge is 0.127 e. The first-order valence-electron chi connectivity index (χ1n) is 5.80. The fourth-order valence-corrected chi connectivity index (χ4v) is 1.90. The molecule has 0 spiro atoms. The van der Waals surface area contributed by atoms with Crippen LogP contribution in [0, 0.1) is 11.2 Å². The zero-order valence-electron chi connectivity index (χ0n) is 10.9. The highest BCUT2D eigenvalue weighted by atomic mass is 19.1. The Kier molecular flexibility index (Phi) is 3.50. The maximum absolute atomic E-state index is 13.2. The highest BCUT2D eigenvalue weighted by Crippen LogP contribution is 2.21. The summed E-state index contributed by atoms with van der Waals surface area (Å²) in [6.07, 6.45) is 3.58. The second-order valence-electron chi connectivity index (χ2n) is 4.39. The molecule has 0 saturated carbocycles. The molecular formula is C13H16FN5. The zero-order chi connectivity index (χ0) is 14.0. The monoisotopic (exact) mass is 261 g/mol. The van der Waals surface area contributed by atoms with Crippen LogP contribution in [0.15, 0.2) is 30.6 Å². The minimum Gasteiger partial charge on any atom is -0.384 e. The van der Waals surface area contributed by atoms with Crippen molar-refractivity contribution in [3.63, 3.8) is 0 Å². The third kappa shape index (κ3) is 2.73. The second-order valence-corrected chi connectivity index (χ2v) is 4.39. The number of hydrogen-bond acceptors (Lipinski definition) is 3. The van der Waals surface area contributed by atoms with E-state index in [1.165, 1.54) is 12.1 Å². The van der Waals surface area contributed by atoms with Crippen LogP contribution in [-0.4, -0.2) is 22.4 Å². The number of nitrogens with one attached hydrogen (secondary N) is 1. The van der Waals surface area contributed by atoms with Crippen LogP contribution in [0.25, 0.3) is 0 Å². The summed E-state index contributed by atoms with van der Waals surface area (Å²) in [7, 11) is 3.76. The average Bonchev–Trinajstić information content (AvgIpc) is 2.74. The summed E-state index contributed by atoms with van der Waals surface area (Å²) in [5.74, 6) is 0.321. The van der Waals surface area contributed by atoms with Crippen molar-refractivity contribution in [3.8, 4) is 0 Å². The summed E-state index contributed by atoms with van der Waals surface area (Å²) < 4.78 is 15.1. The number of amidine groups is 1. The Morgan fingerprint density at radius 3 is 2.84 bits per heavy atom. The number of nitrogens with two attached hydrogens (primary N) is 1. The normalized spacial score (nSPS) is 10.5. The number of nitrogen functional groups attached to an aromatic ring is 1. The van der Waals surface area contributed by atoms with E-state index in [0.717, 1.165) is 5.82 Å². The zero-order valence-corrected chi connectivity index (χ0v) is 10.9. The van der Waals surface area contributed by atoms with E-state index in [0.29, 0.717) is 17.8 Å². The molecule has 1 heterocycles. The molecule has 6 heteroatoms. The molecule has 1 aromatic heterocycles. The number of aryl methyl sites for hydroxylation is 1. The number of hydrogen-bond donors (Lipinski definition) is 2. The molecule has 0 fully saturated rings. The third-order valence-electron chi connectivity index (χ3n) is 2.96. The molecule has 0 radical (unpaired) electrons. The van der Waals surface area contributed by atoms with E-state index < -0.39 is 5.82 Å². The lowest BCUT2D eigenvalue weighted by Gasteiger charge is -2.21. The first-order chi connectivity index (χ1) is 8.99. The first-order valence-corrected chi connectivity index (χ1v) is 5.80. The minimum absolute atomic E-state index is 0.152. The van der Waals surface area contributed by atoms with Gasteiger partial charge in [-0.25, -0.2) is 9.37 Å². The number of nitrogens with zero attached hydrogens (tertiary/aromatic N) is 3. The van der Waals surface area contributed by atoms with Crippen molar-refractivity contribution in [3.05, 3.63) is 47.8 Å². The predicted molar refractivity (Wildman–Crippen MR) is 72.7 cm³/mol. The molecule has 0 aliphatic carbocycles. The molecule has 0 atom stereocenters. The molecule has 0 saturated heterocycles. The number of anilines is 1. The van der Waals surface area contributed by atoms with Gasteiger partial charge in [0, 0.05) is 37.7 Å². The Morgan fingerprint density at radius 1 is 1.53 bits per heavy atom. The van der Waals surface area contributed by atoms with Crippen LogP contribution >= 0.6 is 0 Å². The molecular weight excluding hydrogens is 245 g/mol. The van der Waals surface area contributed by atoms with Crippen molar-refractivity contribution in [2.75, 3.05) is 11.9 Å². The number of halogens is 1. The third-order valence-corrected chi connectivity index (χ3v) is 2.96. The minimum atomic E-state index is -0.403. The number of aromatic nitrogens is 2. The van der Waals surface area contributed by atoms with Gasteiger partial charge in [-0.05, 0) is 18.2 Å². The average molecular weight is 261 g/mol. The molecule has 0 unspecified atom stereocenters. The lowest BCUT2D eigenvalue weighted by atomic mass is 10.1. The quantitative estimate of drug-likeness (QED) is 0.647. The summed E-state index contributed by atoms with van der Waals surface area (Å²) >= 11 is 0. The fraction of sp³-hybridized carbons (Fsp3) is 0.231. The lowest BCUT2D eigenvalue weighted by Crippen LogP contribution is -2.23. The van der Waals surface area contributed by atoms with Gasteiger partial charge in [-0.15, -0.1) is 0 Å².